The van der Waals surface area contributed by atoms with Gasteiger partial charge < -0.3 is 10.1 Å². The zero-order valence-electron chi connectivity index (χ0n) is 9.06. The fourth-order valence-electron chi connectivity index (χ4n) is 1.14. The number of sulfone groups is 1. The molecule has 6 heteroatoms. The molecule has 1 N–H and O–H groups in total. The van der Waals surface area contributed by atoms with Crippen LogP contribution < -0.4 is 10.1 Å². The van der Waals surface area contributed by atoms with Crippen LogP contribution in [0.4, 0.5) is 5.69 Å². The molecule has 1 aromatic rings. The van der Waals surface area contributed by atoms with Crippen LogP contribution in [0.15, 0.2) is 24.3 Å². The van der Waals surface area contributed by atoms with Gasteiger partial charge >= 0.3 is 0 Å². The number of rotatable bonds is 4. The minimum absolute atomic E-state index is 0.507. The monoisotopic (exact) mass is 243 g/mol. The molecule has 16 heavy (non-hydrogen) atoms. The molecule has 0 bridgehead atoms. The number of carbonyl (C=O) groups excluding carboxylic acids is 1. The molecule has 0 aliphatic carbocycles. The maximum Gasteiger partial charge on any atom is 0.239 e. The lowest BCUT2D eigenvalue weighted by atomic mass is 10.3. The van der Waals surface area contributed by atoms with Crippen molar-refractivity contribution in [2.75, 3.05) is 24.4 Å². The van der Waals surface area contributed by atoms with Gasteiger partial charge in [-0.3, -0.25) is 4.79 Å². The van der Waals surface area contributed by atoms with Crippen molar-refractivity contribution in [2.24, 2.45) is 0 Å². The number of ether oxygens (including phenoxy) is 1. The van der Waals surface area contributed by atoms with Crippen molar-refractivity contribution in [2.45, 2.75) is 0 Å². The first-order chi connectivity index (χ1) is 7.40. The Labute approximate surface area is 94.3 Å². The second kappa shape index (κ2) is 4.98. The van der Waals surface area contributed by atoms with E-state index in [9.17, 15) is 13.2 Å². The number of hydrogen-bond donors (Lipinski definition) is 1. The number of hydrogen-bond acceptors (Lipinski definition) is 4. The third-order valence-corrected chi connectivity index (χ3v) is 2.53. The zero-order chi connectivity index (χ0) is 12.2. The van der Waals surface area contributed by atoms with Crippen molar-refractivity contribution >= 4 is 21.4 Å². The molecule has 0 radical (unpaired) electrons. The van der Waals surface area contributed by atoms with Crippen molar-refractivity contribution in [3.8, 4) is 5.75 Å². The quantitative estimate of drug-likeness (QED) is 0.844. The molecule has 5 nitrogen and oxygen atoms in total. The maximum atomic E-state index is 11.3. The highest BCUT2D eigenvalue weighted by Crippen LogP contribution is 2.16. The van der Waals surface area contributed by atoms with Gasteiger partial charge in [0, 0.05) is 18.0 Å². The lowest BCUT2D eigenvalue weighted by Gasteiger charge is -2.06. The van der Waals surface area contributed by atoms with Gasteiger partial charge in [-0.05, 0) is 12.1 Å². The van der Waals surface area contributed by atoms with Crippen molar-refractivity contribution in [1.82, 2.24) is 0 Å². The van der Waals surface area contributed by atoms with E-state index in [1.165, 1.54) is 7.11 Å². The Bertz CT molecular complexity index is 481. The lowest BCUT2D eigenvalue weighted by Crippen LogP contribution is -2.21. The van der Waals surface area contributed by atoms with E-state index in [0.29, 0.717) is 11.4 Å². The second-order valence-corrected chi connectivity index (χ2v) is 5.49. The largest absolute Gasteiger partial charge is 0.497 e. The summed E-state index contributed by atoms with van der Waals surface area (Å²) in [6.45, 7) is 0. The molecular weight excluding hydrogens is 230 g/mol. The molecule has 0 fully saturated rings. The summed E-state index contributed by atoms with van der Waals surface area (Å²) in [6, 6.07) is 6.70. The van der Waals surface area contributed by atoms with Crippen LogP contribution in [0.1, 0.15) is 0 Å². The first-order valence-corrected chi connectivity index (χ1v) is 6.58. The Hall–Kier alpha value is -1.56. The molecule has 0 heterocycles. The number of amides is 1. The van der Waals surface area contributed by atoms with E-state index in [0.717, 1.165) is 6.26 Å². The van der Waals surface area contributed by atoms with Crippen LogP contribution in [0.5, 0.6) is 5.75 Å². The molecule has 0 saturated heterocycles. The van der Waals surface area contributed by atoms with Crippen molar-refractivity contribution in [1.29, 1.82) is 0 Å². The maximum absolute atomic E-state index is 11.3. The van der Waals surface area contributed by atoms with Crippen LogP contribution in [-0.2, 0) is 14.6 Å². The van der Waals surface area contributed by atoms with Crippen molar-refractivity contribution < 1.29 is 17.9 Å². The van der Waals surface area contributed by atoms with E-state index in [2.05, 4.69) is 5.32 Å². The lowest BCUT2D eigenvalue weighted by molar-refractivity contribution is -0.113. The number of carbonyl (C=O) groups is 1. The second-order valence-electron chi connectivity index (χ2n) is 3.35. The van der Waals surface area contributed by atoms with E-state index >= 15 is 0 Å². The zero-order valence-corrected chi connectivity index (χ0v) is 9.87. The summed E-state index contributed by atoms with van der Waals surface area (Å²) in [6.07, 6.45) is 1.01. The van der Waals surface area contributed by atoms with E-state index in [1.54, 1.807) is 24.3 Å². The van der Waals surface area contributed by atoms with Gasteiger partial charge in [0.15, 0.2) is 9.84 Å². The predicted octanol–water partition coefficient (Wildman–Crippen LogP) is 0.678. The number of nitrogens with one attached hydrogen (secondary N) is 1. The third kappa shape index (κ3) is 4.31. The van der Waals surface area contributed by atoms with Crippen molar-refractivity contribution in [3.63, 3.8) is 0 Å². The molecule has 0 unspecified atom stereocenters. The van der Waals surface area contributed by atoms with Gasteiger partial charge in [0.2, 0.25) is 5.91 Å². The summed E-state index contributed by atoms with van der Waals surface area (Å²) in [5.41, 5.74) is 0.507. The predicted molar refractivity (Wildman–Crippen MR) is 61.3 cm³/mol. The molecule has 0 aromatic heterocycles. The normalized spacial score (nSPS) is 10.9. The van der Waals surface area contributed by atoms with Crippen molar-refractivity contribution in [3.05, 3.63) is 24.3 Å². The first kappa shape index (κ1) is 12.5. The highest BCUT2D eigenvalue weighted by atomic mass is 32.2. The van der Waals surface area contributed by atoms with Gasteiger partial charge in [-0.1, -0.05) is 6.07 Å². The Balaban J connectivity index is 2.70. The Morgan fingerprint density at radius 1 is 1.44 bits per heavy atom. The average Bonchev–Trinajstić information content (AvgIpc) is 2.15. The number of methoxy groups -OCH3 is 1. The van der Waals surface area contributed by atoms with Crippen LogP contribution in [-0.4, -0.2) is 33.4 Å². The standard InChI is InChI=1S/C10H13NO4S/c1-15-9-5-3-4-8(6-9)11-10(12)7-16(2,13)14/h3-6H,7H2,1-2H3,(H,11,12). The summed E-state index contributed by atoms with van der Waals surface area (Å²) in [4.78, 5) is 11.3. The van der Waals surface area contributed by atoms with Crippen LogP contribution >= 0.6 is 0 Å². The summed E-state index contributed by atoms with van der Waals surface area (Å²) >= 11 is 0. The minimum Gasteiger partial charge on any atom is -0.497 e. The molecule has 0 atom stereocenters. The van der Waals surface area contributed by atoms with Crippen LogP contribution in [0.25, 0.3) is 0 Å². The smallest absolute Gasteiger partial charge is 0.239 e. The molecule has 1 rings (SSSR count). The Morgan fingerprint density at radius 2 is 2.12 bits per heavy atom. The molecule has 0 aliphatic heterocycles. The van der Waals surface area contributed by atoms with Gasteiger partial charge in [-0.25, -0.2) is 8.42 Å². The number of benzene rings is 1. The molecule has 0 aliphatic rings. The fourth-order valence-corrected chi connectivity index (χ4v) is 1.68. The van der Waals surface area contributed by atoms with Gasteiger partial charge in [0.05, 0.1) is 7.11 Å². The van der Waals surface area contributed by atoms with Gasteiger partial charge in [-0.15, -0.1) is 0 Å². The summed E-state index contributed by atoms with van der Waals surface area (Å²) in [7, 11) is -1.79. The topological polar surface area (TPSA) is 72.5 Å². The van der Waals surface area contributed by atoms with Crippen LogP contribution in [0, 0.1) is 0 Å². The highest BCUT2D eigenvalue weighted by Gasteiger charge is 2.10. The van der Waals surface area contributed by atoms with E-state index in [4.69, 9.17) is 4.74 Å². The van der Waals surface area contributed by atoms with E-state index in [1.807, 2.05) is 0 Å². The Kier molecular flexibility index (Phi) is 3.89. The Morgan fingerprint density at radius 3 is 2.69 bits per heavy atom. The van der Waals surface area contributed by atoms with Crippen LogP contribution in [0.2, 0.25) is 0 Å². The molecule has 0 saturated carbocycles. The molecule has 88 valence electrons. The van der Waals surface area contributed by atoms with E-state index < -0.39 is 21.5 Å². The minimum atomic E-state index is -3.30. The van der Waals surface area contributed by atoms with Gasteiger partial charge in [0.1, 0.15) is 11.5 Å². The average molecular weight is 243 g/mol. The van der Waals surface area contributed by atoms with Gasteiger partial charge in [-0.2, -0.15) is 0 Å². The highest BCUT2D eigenvalue weighted by molar-refractivity contribution is 7.91. The molecular formula is C10H13NO4S. The molecule has 1 amide bonds. The fraction of sp³-hybridized carbons (Fsp3) is 0.300. The summed E-state index contributed by atoms with van der Waals surface area (Å²) in [5.74, 6) is -0.489. The molecule has 1 aromatic carbocycles. The SMILES string of the molecule is COc1cccc(NC(=O)CS(C)(=O)=O)c1. The van der Waals surface area contributed by atoms with E-state index in [-0.39, 0.29) is 0 Å². The summed E-state index contributed by atoms with van der Waals surface area (Å²) in [5, 5.41) is 2.48. The summed E-state index contributed by atoms with van der Waals surface area (Å²) < 4.78 is 26.7. The van der Waals surface area contributed by atoms with Crippen LogP contribution in [0.3, 0.4) is 0 Å². The molecule has 0 spiro atoms. The van der Waals surface area contributed by atoms with Gasteiger partial charge in [0.25, 0.3) is 0 Å². The third-order valence-electron chi connectivity index (χ3n) is 1.75. The number of anilines is 1. The first-order valence-electron chi connectivity index (χ1n) is 4.52.